The van der Waals surface area contributed by atoms with Crippen LogP contribution in [-0.2, 0) is 14.3 Å². The first-order chi connectivity index (χ1) is 11.0. The van der Waals surface area contributed by atoms with Crippen molar-refractivity contribution in [2.45, 2.75) is 26.7 Å². The van der Waals surface area contributed by atoms with E-state index >= 15 is 0 Å². The second-order valence-electron chi connectivity index (χ2n) is 5.34. The van der Waals surface area contributed by atoms with Crippen LogP contribution in [0.2, 0.25) is 0 Å². The minimum Gasteiger partial charge on any atom is -0.465 e. The number of ether oxygens (including phenoxy) is 1. The summed E-state index contributed by atoms with van der Waals surface area (Å²) in [4.78, 5) is 26.3. The number of unbranched alkanes of at least 4 members (excludes halogenated alkanes) is 1. The van der Waals surface area contributed by atoms with Gasteiger partial charge in [0.25, 0.3) is 5.91 Å². The number of hydrogen-bond donors (Lipinski definition) is 0. The van der Waals surface area contributed by atoms with Crippen LogP contribution in [0.15, 0.2) is 41.1 Å². The Bertz CT molecular complexity index is 691. The average Bonchev–Trinajstić information content (AvgIpc) is 2.77. The first-order valence-electron chi connectivity index (χ1n) is 7.58. The van der Waals surface area contributed by atoms with E-state index in [9.17, 15) is 14.0 Å². The Labute approximate surface area is 135 Å². The molecule has 1 aliphatic rings. The number of carbonyl (C=O) groups is 2. The van der Waals surface area contributed by atoms with Crippen molar-refractivity contribution in [1.82, 2.24) is 4.90 Å². The number of amides is 1. The zero-order valence-corrected chi connectivity index (χ0v) is 13.6. The number of carbonyl (C=O) groups excluding carboxylic acids is 2. The quantitative estimate of drug-likeness (QED) is 0.618. The second kappa shape index (κ2) is 7.22. The summed E-state index contributed by atoms with van der Waals surface area (Å²) in [5.74, 6) is -1.32. The van der Waals surface area contributed by atoms with E-state index < -0.39 is 11.8 Å². The normalized spacial score (nSPS) is 16.4. The smallest absolute Gasteiger partial charge is 0.340 e. The molecule has 1 heterocycles. The SMILES string of the molecule is CCCCN1C(=O)/C(=C\c2ccccc2F)C(C(=O)OC)=C1C. The van der Waals surface area contributed by atoms with Gasteiger partial charge >= 0.3 is 5.97 Å². The molecule has 1 amide bonds. The molecule has 0 aromatic heterocycles. The summed E-state index contributed by atoms with van der Waals surface area (Å²) in [7, 11) is 1.27. The van der Waals surface area contributed by atoms with Crippen LogP contribution >= 0.6 is 0 Å². The summed E-state index contributed by atoms with van der Waals surface area (Å²) in [6, 6.07) is 6.13. The first kappa shape index (κ1) is 16.9. The zero-order valence-electron chi connectivity index (χ0n) is 13.6. The molecule has 0 fully saturated rings. The second-order valence-corrected chi connectivity index (χ2v) is 5.34. The van der Waals surface area contributed by atoms with E-state index in [1.165, 1.54) is 19.3 Å². The van der Waals surface area contributed by atoms with Gasteiger partial charge in [-0.05, 0) is 25.5 Å². The van der Waals surface area contributed by atoms with E-state index in [2.05, 4.69) is 0 Å². The van der Waals surface area contributed by atoms with Crippen molar-refractivity contribution in [2.24, 2.45) is 0 Å². The Kier molecular flexibility index (Phi) is 5.32. The Morgan fingerprint density at radius 3 is 2.65 bits per heavy atom. The zero-order chi connectivity index (χ0) is 17.0. The van der Waals surface area contributed by atoms with E-state index in [1.807, 2.05) is 6.92 Å². The number of allylic oxidation sites excluding steroid dienone is 1. The maximum absolute atomic E-state index is 13.9. The lowest BCUT2D eigenvalue weighted by Crippen LogP contribution is -2.26. The molecular formula is C18H20FNO3. The van der Waals surface area contributed by atoms with Gasteiger partial charge in [-0.3, -0.25) is 4.79 Å². The molecule has 1 aromatic rings. The largest absolute Gasteiger partial charge is 0.465 e. The molecule has 0 radical (unpaired) electrons. The van der Waals surface area contributed by atoms with Crippen LogP contribution in [0.3, 0.4) is 0 Å². The average molecular weight is 317 g/mol. The lowest BCUT2D eigenvalue weighted by molar-refractivity contribution is -0.136. The van der Waals surface area contributed by atoms with Crippen molar-refractivity contribution in [1.29, 1.82) is 0 Å². The molecule has 1 aliphatic heterocycles. The third-order valence-electron chi connectivity index (χ3n) is 3.84. The third kappa shape index (κ3) is 3.33. The Hall–Kier alpha value is -2.43. The van der Waals surface area contributed by atoms with Crippen LogP contribution in [0.1, 0.15) is 32.3 Å². The molecule has 0 unspecified atom stereocenters. The van der Waals surface area contributed by atoms with Gasteiger partial charge in [0.1, 0.15) is 5.82 Å². The fraction of sp³-hybridized carbons (Fsp3) is 0.333. The minimum atomic E-state index is -0.586. The van der Waals surface area contributed by atoms with Crippen LogP contribution in [-0.4, -0.2) is 30.4 Å². The van der Waals surface area contributed by atoms with Gasteiger partial charge in [-0.1, -0.05) is 31.5 Å². The molecule has 0 N–H and O–H groups in total. The van der Waals surface area contributed by atoms with Gasteiger partial charge < -0.3 is 9.64 Å². The van der Waals surface area contributed by atoms with Crippen LogP contribution in [0.25, 0.3) is 6.08 Å². The summed E-state index contributed by atoms with van der Waals surface area (Å²) in [5.41, 5.74) is 1.20. The van der Waals surface area contributed by atoms with Gasteiger partial charge in [-0.25, -0.2) is 9.18 Å². The Morgan fingerprint density at radius 2 is 2.04 bits per heavy atom. The fourth-order valence-corrected chi connectivity index (χ4v) is 2.56. The van der Waals surface area contributed by atoms with E-state index in [4.69, 9.17) is 4.74 Å². The molecule has 0 spiro atoms. The number of nitrogens with zero attached hydrogens (tertiary/aromatic N) is 1. The van der Waals surface area contributed by atoms with E-state index in [0.717, 1.165) is 12.8 Å². The predicted molar refractivity (Wildman–Crippen MR) is 85.7 cm³/mol. The molecule has 23 heavy (non-hydrogen) atoms. The highest BCUT2D eigenvalue weighted by Crippen LogP contribution is 2.32. The minimum absolute atomic E-state index is 0.176. The van der Waals surface area contributed by atoms with Crippen LogP contribution < -0.4 is 0 Å². The number of esters is 1. The lowest BCUT2D eigenvalue weighted by atomic mass is 10.0. The van der Waals surface area contributed by atoms with Crippen LogP contribution in [0.5, 0.6) is 0 Å². The Morgan fingerprint density at radius 1 is 1.35 bits per heavy atom. The highest BCUT2D eigenvalue weighted by molar-refractivity contribution is 6.16. The fourth-order valence-electron chi connectivity index (χ4n) is 2.56. The molecule has 0 bridgehead atoms. The lowest BCUT2D eigenvalue weighted by Gasteiger charge is -2.17. The van der Waals surface area contributed by atoms with E-state index in [0.29, 0.717) is 12.2 Å². The molecule has 2 rings (SSSR count). The molecular weight excluding hydrogens is 297 g/mol. The highest BCUT2D eigenvalue weighted by atomic mass is 19.1. The summed E-state index contributed by atoms with van der Waals surface area (Å²) in [6.45, 7) is 4.26. The molecule has 5 heteroatoms. The molecule has 0 aliphatic carbocycles. The molecule has 0 atom stereocenters. The van der Waals surface area contributed by atoms with Gasteiger partial charge in [-0.15, -0.1) is 0 Å². The van der Waals surface area contributed by atoms with E-state index in [-0.39, 0.29) is 22.6 Å². The van der Waals surface area contributed by atoms with Gasteiger partial charge in [0, 0.05) is 17.8 Å². The van der Waals surface area contributed by atoms with Gasteiger partial charge in [0.15, 0.2) is 0 Å². The molecule has 4 nitrogen and oxygen atoms in total. The van der Waals surface area contributed by atoms with Crippen molar-refractivity contribution >= 4 is 18.0 Å². The maximum atomic E-state index is 13.9. The molecule has 1 aromatic carbocycles. The van der Waals surface area contributed by atoms with Crippen molar-refractivity contribution in [3.63, 3.8) is 0 Å². The number of benzene rings is 1. The number of hydrogen-bond acceptors (Lipinski definition) is 3. The number of rotatable bonds is 5. The standard InChI is InChI=1S/C18H20FNO3/c1-4-5-10-20-12(2)16(18(22)23-3)14(17(20)21)11-13-8-6-7-9-15(13)19/h6-9,11H,4-5,10H2,1-3H3/b14-11-. The van der Waals surface area contributed by atoms with Crippen molar-refractivity contribution in [3.8, 4) is 0 Å². The summed E-state index contributed by atoms with van der Waals surface area (Å²) in [6.07, 6.45) is 3.17. The molecule has 122 valence electrons. The summed E-state index contributed by atoms with van der Waals surface area (Å²) < 4.78 is 18.7. The monoisotopic (exact) mass is 317 g/mol. The summed E-state index contributed by atoms with van der Waals surface area (Å²) >= 11 is 0. The maximum Gasteiger partial charge on any atom is 0.340 e. The first-order valence-corrected chi connectivity index (χ1v) is 7.58. The van der Waals surface area contributed by atoms with Crippen molar-refractivity contribution in [2.75, 3.05) is 13.7 Å². The number of halogens is 1. The Balaban J connectivity index is 2.50. The van der Waals surface area contributed by atoms with Gasteiger partial charge in [-0.2, -0.15) is 0 Å². The molecule has 0 saturated carbocycles. The summed E-state index contributed by atoms with van der Waals surface area (Å²) in [5, 5.41) is 0. The number of methoxy groups -OCH3 is 1. The topological polar surface area (TPSA) is 46.6 Å². The highest BCUT2D eigenvalue weighted by Gasteiger charge is 2.36. The van der Waals surface area contributed by atoms with Crippen LogP contribution in [0, 0.1) is 5.82 Å². The van der Waals surface area contributed by atoms with Crippen molar-refractivity contribution < 1.29 is 18.7 Å². The van der Waals surface area contributed by atoms with Gasteiger partial charge in [0.05, 0.1) is 18.3 Å². The van der Waals surface area contributed by atoms with Gasteiger partial charge in [0.2, 0.25) is 0 Å². The van der Waals surface area contributed by atoms with E-state index in [1.54, 1.807) is 30.0 Å². The third-order valence-corrected chi connectivity index (χ3v) is 3.84. The van der Waals surface area contributed by atoms with Crippen molar-refractivity contribution in [3.05, 3.63) is 52.5 Å². The predicted octanol–water partition coefficient (Wildman–Crippen LogP) is 3.30. The van der Waals surface area contributed by atoms with Crippen LogP contribution in [0.4, 0.5) is 4.39 Å². The molecule has 0 saturated heterocycles.